The summed E-state index contributed by atoms with van der Waals surface area (Å²) in [7, 11) is 1.68. The van der Waals surface area contributed by atoms with E-state index in [1.54, 1.807) is 7.11 Å². The molecule has 0 spiro atoms. The molecule has 0 fully saturated rings. The summed E-state index contributed by atoms with van der Waals surface area (Å²) in [6.45, 7) is 4.47. The van der Waals surface area contributed by atoms with Crippen molar-refractivity contribution in [2.75, 3.05) is 40.1 Å². The fraction of sp³-hybridized carbons (Fsp3) is 0.625. The second kappa shape index (κ2) is 9.08. The molecule has 4 nitrogen and oxygen atoms in total. The fourth-order valence-corrected chi connectivity index (χ4v) is 2.25. The molecular formula is C16H27NO3. The van der Waals surface area contributed by atoms with Gasteiger partial charge in [-0.15, -0.1) is 0 Å². The minimum absolute atomic E-state index is 0.0361. The Morgan fingerprint density at radius 3 is 2.65 bits per heavy atom. The van der Waals surface area contributed by atoms with Crippen LogP contribution in [0.1, 0.15) is 24.0 Å². The maximum absolute atomic E-state index is 9.81. The molecule has 4 heteroatoms. The van der Waals surface area contributed by atoms with Crippen LogP contribution >= 0.6 is 0 Å². The predicted octanol–water partition coefficient (Wildman–Crippen LogP) is 1.63. The molecule has 0 saturated carbocycles. The number of hydrogen-bond acceptors (Lipinski definition) is 4. The highest BCUT2D eigenvalue weighted by Crippen LogP contribution is 2.27. The fourth-order valence-electron chi connectivity index (χ4n) is 2.25. The third-order valence-corrected chi connectivity index (χ3v) is 3.69. The molecule has 0 aliphatic heterocycles. The number of aliphatic hydroxyl groups excluding tert-OH is 1. The molecule has 0 aliphatic rings. The highest BCUT2D eigenvalue weighted by Gasteiger charge is 2.29. The highest BCUT2D eigenvalue weighted by atomic mass is 16.5. The van der Waals surface area contributed by atoms with Gasteiger partial charge in [0.1, 0.15) is 0 Å². The van der Waals surface area contributed by atoms with Crippen molar-refractivity contribution in [2.45, 2.75) is 25.2 Å². The predicted molar refractivity (Wildman–Crippen MR) is 80.9 cm³/mol. The number of ether oxygens (including phenoxy) is 2. The molecule has 0 aliphatic carbocycles. The molecule has 0 amide bonds. The average molecular weight is 281 g/mol. The minimum Gasteiger partial charge on any atom is -0.395 e. The van der Waals surface area contributed by atoms with Gasteiger partial charge in [-0.3, -0.25) is 0 Å². The van der Waals surface area contributed by atoms with Crippen LogP contribution in [0, 0.1) is 6.92 Å². The van der Waals surface area contributed by atoms with E-state index in [0.29, 0.717) is 26.4 Å². The summed E-state index contributed by atoms with van der Waals surface area (Å²) in [6, 6.07) is 8.17. The summed E-state index contributed by atoms with van der Waals surface area (Å²) in [6.07, 6.45) is 1.60. The van der Waals surface area contributed by atoms with E-state index in [1.807, 2.05) is 25.1 Å². The average Bonchev–Trinajstić information content (AvgIpc) is 2.47. The van der Waals surface area contributed by atoms with Gasteiger partial charge in [0.05, 0.1) is 6.61 Å². The van der Waals surface area contributed by atoms with E-state index in [-0.39, 0.29) is 6.61 Å². The van der Waals surface area contributed by atoms with Gasteiger partial charge in [0, 0.05) is 38.9 Å². The van der Waals surface area contributed by atoms with E-state index in [9.17, 15) is 5.11 Å². The normalized spacial score (nSPS) is 14.2. The topological polar surface area (TPSA) is 64.7 Å². The zero-order valence-electron chi connectivity index (χ0n) is 12.6. The summed E-state index contributed by atoms with van der Waals surface area (Å²) in [5.74, 6) is 0. The third kappa shape index (κ3) is 4.87. The summed E-state index contributed by atoms with van der Waals surface area (Å²) < 4.78 is 10.6. The van der Waals surface area contributed by atoms with Crippen molar-refractivity contribution >= 4 is 0 Å². The molecule has 0 bridgehead atoms. The molecule has 0 radical (unpaired) electrons. The van der Waals surface area contributed by atoms with Gasteiger partial charge >= 0.3 is 0 Å². The van der Waals surface area contributed by atoms with Gasteiger partial charge in [-0.05, 0) is 25.3 Å². The van der Waals surface area contributed by atoms with Crippen LogP contribution < -0.4 is 5.73 Å². The Bertz CT molecular complexity index is 378. The van der Waals surface area contributed by atoms with Gasteiger partial charge in [-0.2, -0.15) is 0 Å². The van der Waals surface area contributed by atoms with Crippen LogP contribution in [-0.2, 0) is 14.9 Å². The number of aliphatic hydroxyl groups is 1. The summed E-state index contributed by atoms with van der Waals surface area (Å²) >= 11 is 0. The van der Waals surface area contributed by atoms with Gasteiger partial charge in [-0.25, -0.2) is 0 Å². The number of nitrogens with two attached hydrogens (primary N) is 1. The van der Waals surface area contributed by atoms with Crippen LogP contribution in [-0.4, -0.2) is 45.2 Å². The number of rotatable bonds is 10. The van der Waals surface area contributed by atoms with E-state index >= 15 is 0 Å². The van der Waals surface area contributed by atoms with Crippen LogP contribution in [0.2, 0.25) is 0 Å². The van der Waals surface area contributed by atoms with E-state index < -0.39 is 5.41 Å². The number of benzene rings is 1. The maximum atomic E-state index is 9.81. The van der Waals surface area contributed by atoms with Crippen molar-refractivity contribution in [3.63, 3.8) is 0 Å². The van der Waals surface area contributed by atoms with E-state index in [1.165, 1.54) is 5.56 Å². The zero-order chi connectivity index (χ0) is 14.8. The lowest BCUT2D eigenvalue weighted by Crippen LogP contribution is -2.40. The van der Waals surface area contributed by atoms with Gasteiger partial charge in [0.2, 0.25) is 0 Å². The van der Waals surface area contributed by atoms with Crippen LogP contribution in [0.4, 0.5) is 0 Å². The quantitative estimate of drug-likeness (QED) is 0.640. The van der Waals surface area contributed by atoms with Crippen molar-refractivity contribution in [1.82, 2.24) is 0 Å². The molecular weight excluding hydrogens is 254 g/mol. The zero-order valence-corrected chi connectivity index (χ0v) is 12.6. The van der Waals surface area contributed by atoms with Crippen molar-refractivity contribution in [3.8, 4) is 0 Å². The van der Waals surface area contributed by atoms with Crippen molar-refractivity contribution < 1.29 is 14.6 Å². The maximum Gasteiger partial charge on any atom is 0.0541 e. The Balaban J connectivity index is 2.58. The molecule has 3 N–H and O–H groups in total. The largest absolute Gasteiger partial charge is 0.395 e. The molecule has 1 unspecified atom stereocenters. The molecule has 0 aromatic heterocycles. The number of hydrogen-bond donors (Lipinski definition) is 2. The van der Waals surface area contributed by atoms with Gasteiger partial charge < -0.3 is 20.3 Å². The van der Waals surface area contributed by atoms with Crippen LogP contribution in [0.3, 0.4) is 0 Å². The van der Waals surface area contributed by atoms with Gasteiger partial charge in [-0.1, -0.05) is 29.8 Å². The highest BCUT2D eigenvalue weighted by molar-refractivity contribution is 5.30. The summed E-state index contributed by atoms with van der Waals surface area (Å²) in [5.41, 5.74) is 7.78. The summed E-state index contributed by atoms with van der Waals surface area (Å²) in [5, 5.41) is 9.81. The number of aryl methyl sites for hydroxylation is 1. The monoisotopic (exact) mass is 281 g/mol. The number of methoxy groups -OCH3 is 1. The first-order valence-electron chi connectivity index (χ1n) is 7.13. The Kier molecular flexibility index (Phi) is 7.77. The van der Waals surface area contributed by atoms with Gasteiger partial charge in [0.15, 0.2) is 0 Å². The van der Waals surface area contributed by atoms with E-state index in [2.05, 4.69) is 6.07 Å². The molecule has 1 aromatic carbocycles. The molecule has 1 aromatic rings. The van der Waals surface area contributed by atoms with Crippen molar-refractivity contribution in [1.29, 1.82) is 0 Å². The third-order valence-electron chi connectivity index (χ3n) is 3.69. The second-order valence-corrected chi connectivity index (χ2v) is 5.22. The SMILES string of the molecule is COCCCOCCC(CN)(CO)c1cccc(C)c1. The summed E-state index contributed by atoms with van der Waals surface area (Å²) in [4.78, 5) is 0. The molecule has 0 saturated heterocycles. The minimum atomic E-state index is -0.409. The Hall–Kier alpha value is -0.940. The van der Waals surface area contributed by atoms with E-state index in [0.717, 1.165) is 18.4 Å². The Morgan fingerprint density at radius 1 is 1.25 bits per heavy atom. The van der Waals surface area contributed by atoms with Crippen LogP contribution in [0.25, 0.3) is 0 Å². The molecule has 1 rings (SSSR count). The standard InChI is InChI=1S/C16H27NO3/c1-14-5-3-6-15(11-14)16(12-17,13-18)7-10-20-9-4-8-19-2/h3,5-6,11,18H,4,7-10,12-13,17H2,1-2H3. The Morgan fingerprint density at radius 2 is 2.05 bits per heavy atom. The lowest BCUT2D eigenvalue weighted by atomic mass is 9.78. The van der Waals surface area contributed by atoms with Crippen molar-refractivity contribution in [3.05, 3.63) is 35.4 Å². The molecule has 20 heavy (non-hydrogen) atoms. The lowest BCUT2D eigenvalue weighted by molar-refractivity contribution is 0.0782. The first-order valence-corrected chi connectivity index (χ1v) is 7.13. The van der Waals surface area contributed by atoms with Gasteiger partial charge in [0.25, 0.3) is 0 Å². The van der Waals surface area contributed by atoms with Crippen LogP contribution in [0.5, 0.6) is 0 Å². The van der Waals surface area contributed by atoms with Crippen LogP contribution in [0.15, 0.2) is 24.3 Å². The first-order chi connectivity index (χ1) is 9.68. The molecule has 0 heterocycles. The molecule has 1 atom stereocenters. The van der Waals surface area contributed by atoms with Crippen molar-refractivity contribution in [2.24, 2.45) is 5.73 Å². The van der Waals surface area contributed by atoms with E-state index in [4.69, 9.17) is 15.2 Å². The Labute approximate surface area is 121 Å². The lowest BCUT2D eigenvalue weighted by Gasteiger charge is -2.31. The second-order valence-electron chi connectivity index (χ2n) is 5.22. The molecule has 114 valence electrons. The smallest absolute Gasteiger partial charge is 0.0541 e. The first kappa shape index (κ1) is 17.1.